The molecule has 0 spiro atoms. The SMILES string of the molecule is CC(=O)Nc1ccc(NCC(=O)NCc2cccnc2)cc1. The number of carbonyl (C=O) groups is 2. The van der Waals surface area contributed by atoms with Gasteiger partial charge in [0.1, 0.15) is 0 Å². The van der Waals surface area contributed by atoms with Crippen molar-refractivity contribution in [3.05, 3.63) is 54.4 Å². The van der Waals surface area contributed by atoms with Crippen LogP contribution in [0.4, 0.5) is 11.4 Å². The highest BCUT2D eigenvalue weighted by Gasteiger charge is 2.02. The van der Waals surface area contributed by atoms with Gasteiger partial charge in [-0.05, 0) is 35.9 Å². The summed E-state index contributed by atoms with van der Waals surface area (Å²) in [6.45, 7) is 2.09. The molecule has 0 saturated carbocycles. The molecule has 2 amide bonds. The van der Waals surface area contributed by atoms with Crippen molar-refractivity contribution in [3.8, 4) is 0 Å². The van der Waals surface area contributed by atoms with Gasteiger partial charge in [-0.3, -0.25) is 14.6 Å². The Morgan fingerprint density at radius 3 is 2.45 bits per heavy atom. The minimum atomic E-state index is -0.115. The van der Waals surface area contributed by atoms with Gasteiger partial charge in [0.2, 0.25) is 11.8 Å². The van der Waals surface area contributed by atoms with Crippen LogP contribution >= 0.6 is 0 Å². The van der Waals surface area contributed by atoms with Crippen molar-refractivity contribution >= 4 is 23.2 Å². The van der Waals surface area contributed by atoms with Gasteiger partial charge in [-0.25, -0.2) is 0 Å². The fraction of sp³-hybridized carbons (Fsp3) is 0.188. The van der Waals surface area contributed by atoms with Gasteiger partial charge in [-0.15, -0.1) is 0 Å². The van der Waals surface area contributed by atoms with E-state index in [9.17, 15) is 9.59 Å². The Morgan fingerprint density at radius 1 is 1.09 bits per heavy atom. The van der Waals surface area contributed by atoms with Crippen LogP contribution in [-0.4, -0.2) is 23.3 Å². The van der Waals surface area contributed by atoms with E-state index in [1.165, 1.54) is 6.92 Å². The molecule has 22 heavy (non-hydrogen) atoms. The fourth-order valence-electron chi connectivity index (χ4n) is 1.82. The molecule has 2 rings (SSSR count). The van der Waals surface area contributed by atoms with Crippen molar-refractivity contribution in [2.75, 3.05) is 17.2 Å². The minimum Gasteiger partial charge on any atom is -0.376 e. The number of rotatable bonds is 6. The molecule has 6 nitrogen and oxygen atoms in total. The van der Waals surface area contributed by atoms with Crippen molar-refractivity contribution < 1.29 is 9.59 Å². The molecule has 0 aliphatic rings. The number of pyridine rings is 1. The Kier molecular flexibility index (Phi) is 5.48. The standard InChI is InChI=1S/C16H18N4O2/c1-12(21)20-15-6-4-14(5-7-15)18-11-16(22)19-10-13-3-2-8-17-9-13/h2-9,18H,10-11H2,1H3,(H,19,22)(H,20,21). The van der Waals surface area contributed by atoms with E-state index in [0.29, 0.717) is 6.54 Å². The quantitative estimate of drug-likeness (QED) is 0.759. The van der Waals surface area contributed by atoms with E-state index < -0.39 is 0 Å². The van der Waals surface area contributed by atoms with E-state index in [2.05, 4.69) is 20.9 Å². The summed E-state index contributed by atoms with van der Waals surface area (Å²) in [5, 5.41) is 8.51. The van der Waals surface area contributed by atoms with Crippen LogP contribution in [0.3, 0.4) is 0 Å². The Labute approximate surface area is 129 Å². The lowest BCUT2D eigenvalue weighted by Gasteiger charge is -2.08. The summed E-state index contributed by atoms with van der Waals surface area (Å²) in [6.07, 6.45) is 3.41. The molecule has 0 aliphatic carbocycles. The highest BCUT2D eigenvalue weighted by molar-refractivity contribution is 5.88. The summed E-state index contributed by atoms with van der Waals surface area (Å²) in [5.41, 5.74) is 2.49. The molecule has 0 aliphatic heterocycles. The second kappa shape index (κ2) is 7.78. The molecule has 0 unspecified atom stereocenters. The molecule has 6 heteroatoms. The largest absolute Gasteiger partial charge is 0.376 e. The van der Waals surface area contributed by atoms with E-state index in [0.717, 1.165) is 16.9 Å². The zero-order chi connectivity index (χ0) is 15.8. The van der Waals surface area contributed by atoms with Crippen molar-refractivity contribution in [2.45, 2.75) is 13.5 Å². The fourth-order valence-corrected chi connectivity index (χ4v) is 1.82. The van der Waals surface area contributed by atoms with E-state index >= 15 is 0 Å². The van der Waals surface area contributed by atoms with Crippen molar-refractivity contribution in [3.63, 3.8) is 0 Å². The molecule has 0 saturated heterocycles. The number of nitrogens with one attached hydrogen (secondary N) is 3. The number of nitrogens with zero attached hydrogens (tertiary/aromatic N) is 1. The van der Waals surface area contributed by atoms with E-state index in [4.69, 9.17) is 0 Å². The average Bonchev–Trinajstić information content (AvgIpc) is 2.53. The summed E-state index contributed by atoms with van der Waals surface area (Å²) >= 11 is 0. The van der Waals surface area contributed by atoms with Gasteiger partial charge in [0.15, 0.2) is 0 Å². The Balaban J connectivity index is 1.75. The summed E-state index contributed by atoms with van der Waals surface area (Å²) in [7, 11) is 0. The Morgan fingerprint density at radius 2 is 1.82 bits per heavy atom. The first-order chi connectivity index (χ1) is 10.6. The second-order valence-corrected chi connectivity index (χ2v) is 4.75. The highest BCUT2D eigenvalue weighted by atomic mass is 16.2. The van der Waals surface area contributed by atoms with Crippen LogP contribution in [0.2, 0.25) is 0 Å². The molecule has 0 bridgehead atoms. The lowest BCUT2D eigenvalue weighted by atomic mass is 10.2. The predicted molar refractivity (Wildman–Crippen MR) is 85.3 cm³/mol. The summed E-state index contributed by atoms with van der Waals surface area (Å²) in [6, 6.07) is 10.9. The van der Waals surface area contributed by atoms with E-state index in [1.807, 2.05) is 12.1 Å². The molecule has 1 heterocycles. The molecule has 114 valence electrons. The van der Waals surface area contributed by atoms with E-state index in [-0.39, 0.29) is 18.4 Å². The third kappa shape index (κ3) is 5.24. The highest BCUT2D eigenvalue weighted by Crippen LogP contribution is 2.13. The van der Waals surface area contributed by atoms with Crippen LogP contribution in [0.15, 0.2) is 48.8 Å². The topological polar surface area (TPSA) is 83.1 Å². The maximum Gasteiger partial charge on any atom is 0.239 e. The number of amides is 2. The van der Waals surface area contributed by atoms with Gasteiger partial charge in [0, 0.05) is 37.2 Å². The first-order valence-electron chi connectivity index (χ1n) is 6.90. The van der Waals surface area contributed by atoms with Gasteiger partial charge in [0.25, 0.3) is 0 Å². The number of hydrogen-bond acceptors (Lipinski definition) is 4. The third-order valence-electron chi connectivity index (χ3n) is 2.87. The monoisotopic (exact) mass is 298 g/mol. The van der Waals surface area contributed by atoms with Crippen LogP contribution in [0.5, 0.6) is 0 Å². The van der Waals surface area contributed by atoms with Crippen LogP contribution in [0.25, 0.3) is 0 Å². The summed E-state index contributed by atoms with van der Waals surface area (Å²) in [4.78, 5) is 26.7. The number of benzene rings is 1. The van der Waals surface area contributed by atoms with Crippen LogP contribution < -0.4 is 16.0 Å². The van der Waals surface area contributed by atoms with Crippen molar-refractivity contribution in [1.82, 2.24) is 10.3 Å². The maximum atomic E-state index is 11.8. The first-order valence-corrected chi connectivity index (χ1v) is 6.90. The van der Waals surface area contributed by atoms with Gasteiger partial charge in [0.05, 0.1) is 6.54 Å². The van der Waals surface area contributed by atoms with Gasteiger partial charge < -0.3 is 16.0 Å². The predicted octanol–water partition coefficient (Wildman–Crippen LogP) is 1.77. The van der Waals surface area contributed by atoms with E-state index in [1.54, 1.807) is 36.7 Å². The third-order valence-corrected chi connectivity index (χ3v) is 2.87. The van der Waals surface area contributed by atoms with Crippen LogP contribution in [-0.2, 0) is 16.1 Å². The summed E-state index contributed by atoms with van der Waals surface area (Å²) in [5.74, 6) is -0.217. The molecule has 2 aromatic rings. The Bertz CT molecular complexity index is 626. The van der Waals surface area contributed by atoms with Gasteiger partial charge in [-0.1, -0.05) is 6.07 Å². The number of hydrogen-bond donors (Lipinski definition) is 3. The maximum absolute atomic E-state index is 11.8. The molecular weight excluding hydrogens is 280 g/mol. The molecular formula is C16H18N4O2. The first kappa shape index (κ1) is 15.5. The zero-order valence-corrected chi connectivity index (χ0v) is 12.3. The molecule has 3 N–H and O–H groups in total. The molecule has 0 radical (unpaired) electrons. The van der Waals surface area contributed by atoms with Crippen LogP contribution in [0.1, 0.15) is 12.5 Å². The molecule has 0 atom stereocenters. The summed E-state index contributed by atoms with van der Waals surface area (Å²) < 4.78 is 0. The normalized spacial score (nSPS) is 9.86. The molecule has 0 fully saturated rings. The molecule has 1 aromatic carbocycles. The van der Waals surface area contributed by atoms with Gasteiger partial charge in [-0.2, -0.15) is 0 Å². The van der Waals surface area contributed by atoms with Crippen molar-refractivity contribution in [2.24, 2.45) is 0 Å². The lowest BCUT2D eigenvalue weighted by molar-refractivity contribution is -0.119. The zero-order valence-electron chi connectivity index (χ0n) is 12.3. The van der Waals surface area contributed by atoms with Crippen LogP contribution in [0, 0.1) is 0 Å². The second-order valence-electron chi connectivity index (χ2n) is 4.75. The molecule has 1 aromatic heterocycles. The average molecular weight is 298 g/mol. The lowest BCUT2D eigenvalue weighted by Crippen LogP contribution is -2.29. The Hall–Kier alpha value is -2.89. The van der Waals surface area contributed by atoms with Crippen molar-refractivity contribution in [1.29, 1.82) is 0 Å². The van der Waals surface area contributed by atoms with Gasteiger partial charge >= 0.3 is 0 Å². The smallest absolute Gasteiger partial charge is 0.239 e. The number of carbonyl (C=O) groups excluding carboxylic acids is 2. The number of aromatic nitrogens is 1. The minimum absolute atomic E-state index is 0.102. The number of anilines is 2.